The Bertz CT molecular complexity index is 1610. The van der Waals surface area contributed by atoms with Crippen molar-refractivity contribution in [1.29, 1.82) is 0 Å². The number of carbonyl (C=O) groups is 4. The standard InChI is InChI=1S/C29H22BrF3N2O7S/c1-2-41-22-10-18(21(30)13-23(22)42-15-16-6-8-17(9-7-16)27(38)39)11-24-26(37)35(28(40)43-24)14-25(36)34-20-5-3-4-19(12-20)29(31,32)33/h3-13H,2,14-15H2,1H3,(H,34,36)(H,38,39)/b24-11-. The Balaban J connectivity index is 1.47. The Morgan fingerprint density at radius 2 is 1.74 bits per heavy atom. The number of benzene rings is 3. The Kier molecular flexibility index (Phi) is 9.81. The maximum atomic E-state index is 13.0. The lowest BCUT2D eigenvalue weighted by Gasteiger charge is -2.15. The number of ether oxygens (including phenoxy) is 2. The molecule has 0 atom stereocenters. The molecule has 3 aromatic rings. The van der Waals surface area contributed by atoms with Gasteiger partial charge in [0.25, 0.3) is 11.1 Å². The zero-order valence-electron chi connectivity index (χ0n) is 22.2. The van der Waals surface area contributed by atoms with Crippen LogP contribution >= 0.6 is 27.7 Å². The predicted octanol–water partition coefficient (Wildman–Crippen LogP) is 6.82. The molecule has 0 radical (unpaired) electrons. The van der Waals surface area contributed by atoms with Crippen LogP contribution in [0.25, 0.3) is 6.08 Å². The monoisotopic (exact) mass is 678 g/mol. The first-order valence-corrected chi connectivity index (χ1v) is 14.1. The van der Waals surface area contributed by atoms with Gasteiger partial charge in [-0.3, -0.25) is 19.3 Å². The van der Waals surface area contributed by atoms with Crippen molar-refractivity contribution < 1.29 is 46.9 Å². The summed E-state index contributed by atoms with van der Waals surface area (Å²) in [5.41, 5.74) is 0.252. The fraction of sp³-hybridized carbons (Fsp3) is 0.172. The molecule has 0 unspecified atom stereocenters. The molecule has 0 spiro atoms. The molecule has 43 heavy (non-hydrogen) atoms. The number of halogens is 4. The molecule has 14 heteroatoms. The van der Waals surface area contributed by atoms with Crippen molar-refractivity contribution >= 4 is 62.5 Å². The van der Waals surface area contributed by atoms with Crippen LogP contribution < -0.4 is 14.8 Å². The van der Waals surface area contributed by atoms with E-state index in [2.05, 4.69) is 21.2 Å². The highest BCUT2D eigenvalue weighted by Gasteiger charge is 2.37. The highest BCUT2D eigenvalue weighted by molar-refractivity contribution is 9.10. The van der Waals surface area contributed by atoms with Gasteiger partial charge in [0.05, 0.1) is 22.6 Å². The topological polar surface area (TPSA) is 122 Å². The van der Waals surface area contributed by atoms with Crippen molar-refractivity contribution in [1.82, 2.24) is 4.90 Å². The molecule has 1 heterocycles. The quantitative estimate of drug-likeness (QED) is 0.224. The van der Waals surface area contributed by atoms with Crippen molar-refractivity contribution in [2.75, 3.05) is 18.5 Å². The fourth-order valence-electron chi connectivity index (χ4n) is 3.84. The summed E-state index contributed by atoms with van der Waals surface area (Å²) in [6, 6.07) is 13.4. The molecule has 1 saturated heterocycles. The molecule has 3 amide bonds. The summed E-state index contributed by atoms with van der Waals surface area (Å²) in [5.74, 6) is -1.92. The van der Waals surface area contributed by atoms with Crippen LogP contribution in [0.4, 0.5) is 23.7 Å². The molecule has 2 N–H and O–H groups in total. The van der Waals surface area contributed by atoms with Crippen LogP contribution in [0, 0.1) is 0 Å². The van der Waals surface area contributed by atoms with Crippen LogP contribution in [0.1, 0.15) is 34.0 Å². The first-order chi connectivity index (χ1) is 20.3. The number of nitrogens with one attached hydrogen (secondary N) is 1. The van der Waals surface area contributed by atoms with Crippen LogP contribution in [0.5, 0.6) is 11.5 Å². The van der Waals surface area contributed by atoms with Crippen LogP contribution in [0.15, 0.2) is 70.0 Å². The van der Waals surface area contributed by atoms with Crippen molar-refractivity contribution in [3.63, 3.8) is 0 Å². The smallest absolute Gasteiger partial charge is 0.416 e. The third kappa shape index (κ3) is 7.96. The van der Waals surface area contributed by atoms with Gasteiger partial charge in [-0.15, -0.1) is 0 Å². The number of imide groups is 1. The Morgan fingerprint density at radius 1 is 1.05 bits per heavy atom. The average molecular weight is 679 g/mol. The number of alkyl halides is 3. The molecule has 0 aromatic heterocycles. The number of aromatic carboxylic acids is 1. The third-order valence-electron chi connectivity index (χ3n) is 5.89. The van der Waals surface area contributed by atoms with E-state index in [-0.39, 0.29) is 22.8 Å². The Morgan fingerprint density at radius 3 is 2.40 bits per heavy atom. The van der Waals surface area contributed by atoms with E-state index in [9.17, 15) is 32.3 Å². The summed E-state index contributed by atoms with van der Waals surface area (Å²) >= 11 is 4.04. The first kappa shape index (κ1) is 31.6. The van der Waals surface area contributed by atoms with Gasteiger partial charge in [0.1, 0.15) is 13.2 Å². The highest BCUT2D eigenvalue weighted by atomic mass is 79.9. The maximum Gasteiger partial charge on any atom is 0.416 e. The molecule has 3 aromatic carbocycles. The van der Waals surface area contributed by atoms with Gasteiger partial charge >= 0.3 is 12.1 Å². The number of amides is 3. The van der Waals surface area contributed by atoms with E-state index >= 15 is 0 Å². The molecule has 0 aliphatic carbocycles. The Labute approximate surface area is 255 Å². The molecule has 4 rings (SSSR count). The highest BCUT2D eigenvalue weighted by Crippen LogP contribution is 2.38. The molecular formula is C29H22BrF3N2O7S. The minimum atomic E-state index is -4.60. The van der Waals surface area contributed by atoms with Gasteiger partial charge in [0.15, 0.2) is 11.5 Å². The fourth-order valence-corrected chi connectivity index (χ4v) is 5.11. The zero-order valence-corrected chi connectivity index (χ0v) is 24.6. The SMILES string of the molecule is CCOc1cc(/C=C2\SC(=O)N(CC(=O)Nc3cccc(C(F)(F)F)c3)C2=O)c(Br)cc1OCc1ccc(C(=O)O)cc1. The average Bonchev–Trinajstić information content (AvgIpc) is 3.21. The number of carboxylic acids is 1. The second kappa shape index (κ2) is 13.3. The van der Waals surface area contributed by atoms with E-state index in [1.165, 1.54) is 24.3 Å². The molecular weight excluding hydrogens is 657 g/mol. The number of carboxylic acid groups (broad SMARTS) is 1. The number of nitrogens with zero attached hydrogens (tertiary/aromatic N) is 1. The molecule has 0 bridgehead atoms. The maximum absolute atomic E-state index is 13.0. The van der Waals surface area contributed by atoms with E-state index in [1.54, 1.807) is 31.2 Å². The molecule has 1 aliphatic rings. The van der Waals surface area contributed by atoms with E-state index < -0.39 is 41.3 Å². The molecule has 0 saturated carbocycles. The Hall–Kier alpha value is -4.30. The molecule has 1 aliphatic heterocycles. The molecule has 9 nitrogen and oxygen atoms in total. The van der Waals surface area contributed by atoms with E-state index in [4.69, 9.17) is 14.6 Å². The van der Waals surface area contributed by atoms with E-state index in [1.807, 2.05) is 0 Å². The lowest BCUT2D eigenvalue weighted by Crippen LogP contribution is -2.36. The van der Waals surface area contributed by atoms with Crippen LogP contribution in [0.3, 0.4) is 0 Å². The second-order valence-electron chi connectivity index (χ2n) is 8.94. The van der Waals surface area contributed by atoms with Crippen LogP contribution in [-0.4, -0.2) is 46.2 Å². The van der Waals surface area contributed by atoms with Gasteiger partial charge < -0.3 is 19.9 Å². The van der Waals surface area contributed by atoms with E-state index in [0.29, 0.717) is 44.8 Å². The van der Waals surface area contributed by atoms with Crippen molar-refractivity contribution in [3.05, 3.63) is 92.3 Å². The number of anilines is 1. The van der Waals surface area contributed by atoms with Crippen molar-refractivity contribution in [2.24, 2.45) is 0 Å². The third-order valence-corrected chi connectivity index (χ3v) is 7.49. The summed E-state index contributed by atoms with van der Waals surface area (Å²) in [6.07, 6.45) is -3.16. The van der Waals surface area contributed by atoms with Gasteiger partial charge in [-0.1, -0.05) is 34.1 Å². The number of rotatable bonds is 10. The summed E-state index contributed by atoms with van der Waals surface area (Å²) in [7, 11) is 0. The van der Waals surface area contributed by atoms with Crippen LogP contribution in [-0.2, 0) is 22.4 Å². The number of hydrogen-bond acceptors (Lipinski definition) is 7. The van der Waals surface area contributed by atoms with Gasteiger partial charge in [-0.25, -0.2) is 4.79 Å². The minimum Gasteiger partial charge on any atom is -0.490 e. The van der Waals surface area contributed by atoms with Crippen LogP contribution in [0.2, 0.25) is 0 Å². The summed E-state index contributed by atoms with van der Waals surface area (Å²) < 4.78 is 51.0. The predicted molar refractivity (Wildman–Crippen MR) is 156 cm³/mol. The van der Waals surface area contributed by atoms with Crippen molar-refractivity contribution in [2.45, 2.75) is 19.7 Å². The van der Waals surface area contributed by atoms with Gasteiger partial charge in [-0.05, 0) is 78.4 Å². The summed E-state index contributed by atoms with van der Waals surface area (Å²) in [4.78, 5) is 49.8. The number of thioether (sulfide) groups is 1. The molecule has 224 valence electrons. The normalized spacial score (nSPS) is 14.3. The second-order valence-corrected chi connectivity index (χ2v) is 10.8. The van der Waals surface area contributed by atoms with E-state index in [0.717, 1.165) is 23.8 Å². The van der Waals surface area contributed by atoms with Crippen molar-refractivity contribution in [3.8, 4) is 11.5 Å². The van der Waals surface area contributed by atoms with Gasteiger partial charge in [0, 0.05) is 10.2 Å². The van der Waals surface area contributed by atoms with Gasteiger partial charge in [-0.2, -0.15) is 13.2 Å². The number of hydrogen-bond donors (Lipinski definition) is 2. The lowest BCUT2D eigenvalue weighted by molar-refractivity contribution is -0.137. The first-order valence-electron chi connectivity index (χ1n) is 12.5. The minimum absolute atomic E-state index is 0.0206. The van der Waals surface area contributed by atoms with Gasteiger partial charge in [0.2, 0.25) is 5.91 Å². The summed E-state index contributed by atoms with van der Waals surface area (Å²) in [6.45, 7) is 1.49. The summed E-state index contributed by atoms with van der Waals surface area (Å²) in [5, 5.41) is 10.6. The molecule has 1 fully saturated rings. The lowest BCUT2D eigenvalue weighted by atomic mass is 10.1. The number of carbonyl (C=O) groups excluding carboxylic acids is 3. The zero-order chi connectivity index (χ0) is 31.3. The largest absolute Gasteiger partial charge is 0.490 e.